The number of anilines is 1. The maximum atomic E-state index is 15.1. The van der Waals surface area contributed by atoms with E-state index in [1.165, 1.54) is 30.0 Å². The minimum absolute atomic E-state index is 0.0226. The molecule has 3 aromatic rings. The van der Waals surface area contributed by atoms with Crippen molar-refractivity contribution >= 4 is 17.7 Å². The van der Waals surface area contributed by atoms with Crippen LogP contribution in [0, 0.1) is 17.2 Å². The Balaban J connectivity index is 1.32. The van der Waals surface area contributed by atoms with Gasteiger partial charge in [-0.25, -0.2) is 18.5 Å². The number of amides is 2. The van der Waals surface area contributed by atoms with Gasteiger partial charge in [0.2, 0.25) is 5.91 Å². The summed E-state index contributed by atoms with van der Waals surface area (Å²) >= 11 is 0. The van der Waals surface area contributed by atoms with E-state index in [0.717, 1.165) is 11.1 Å². The third-order valence-corrected chi connectivity index (χ3v) is 9.78. The van der Waals surface area contributed by atoms with Gasteiger partial charge < -0.3 is 24.6 Å². The molecule has 244 valence electrons. The third kappa shape index (κ3) is 5.80. The number of nitrogens with zero attached hydrogens (tertiary/aromatic N) is 1. The second-order valence-electron chi connectivity index (χ2n) is 13.0. The lowest BCUT2D eigenvalue weighted by atomic mass is 9.82. The molecule has 2 aliphatic carbocycles. The van der Waals surface area contributed by atoms with Crippen molar-refractivity contribution in [1.82, 2.24) is 4.90 Å². The number of halogens is 2. The number of ether oxygens (including phenoxy) is 3. The van der Waals surface area contributed by atoms with Crippen LogP contribution < -0.4 is 5.32 Å². The quantitative estimate of drug-likeness (QED) is 0.255. The average molecular weight is 644 g/mol. The minimum Gasteiger partial charge on any atom is -0.593 e. The van der Waals surface area contributed by atoms with Gasteiger partial charge >= 0.3 is 6.09 Å². The average Bonchev–Trinajstić information content (AvgIpc) is 3.35. The lowest BCUT2D eigenvalue weighted by Gasteiger charge is -2.36. The van der Waals surface area contributed by atoms with Gasteiger partial charge in [-0.05, 0) is 72.9 Å². The fourth-order valence-corrected chi connectivity index (χ4v) is 7.20. The van der Waals surface area contributed by atoms with Crippen molar-refractivity contribution in [2.24, 2.45) is 11.3 Å². The zero-order valence-electron chi connectivity index (χ0n) is 26.0. The number of alkyl halides is 1. The topological polar surface area (TPSA) is 100 Å². The second kappa shape index (κ2) is 11.9. The number of cyclic esters (lactones) is 1. The molecule has 0 radical (unpaired) electrons. The van der Waals surface area contributed by atoms with Crippen LogP contribution in [0.4, 0.5) is 19.3 Å². The van der Waals surface area contributed by atoms with E-state index in [2.05, 4.69) is 5.32 Å². The summed E-state index contributed by atoms with van der Waals surface area (Å²) in [6.45, 7) is 2.20. The lowest BCUT2D eigenvalue weighted by Crippen LogP contribution is -2.45. The molecule has 5 atom stereocenters. The summed E-state index contributed by atoms with van der Waals surface area (Å²) in [5, 5.41) is 11.6. The van der Waals surface area contributed by atoms with Crippen molar-refractivity contribution in [3.05, 3.63) is 120 Å². The van der Waals surface area contributed by atoms with Gasteiger partial charge in [-0.2, -0.15) is 0 Å². The molecule has 4 aliphatic rings. The van der Waals surface area contributed by atoms with Crippen LogP contribution in [0.25, 0.3) is 0 Å². The van der Waals surface area contributed by atoms with E-state index >= 15 is 4.79 Å². The Labute approximate surface area is 271 Å². The van der Waals surface area contributed by atoms with Gasteiger partial charge in [-0.15, -0.1) is 0 Å². The third-order valence-electron chi connectivity index (χ3n) is 9.78. The van der Waals surface area contributed by atoms with Crippen molar-refractivity contribution in [3.8, 4) is 5.75 Å². The molecule has 3 unspecified atom stereocenters. The van der Waals surface area contributed by atoms with E-state index in [1.807, 2.05) is 30.3 Å². The van der Waals surface area contributed by atoms with Gasteiger partial charge in [0.1, 0.15) is 24.1 Å². The first-order valence-electron chi connectivity index (χ1n) is 15.9. The minimum atomic E-state index is -1.49. The van der Waals surface area contributed by atoms with Crippen LogP contribution in [-0.2, 0) is 19.0 Å². The molecule has 1 saturated carbocycles. The molecule has 3 aromatic carbocycles. The second-order valence-corrected chi connectivity index (χ2v) is 13.0. The van der Waals surface area contributed by atoms with Crippen LogP contribution in [0.2, 0.25) is 0 Å². The number of carbonyl (C=O) groups is 2. The SMILES string of the molecule is CC1(F)C=CC(C2(CC3CC3(C(=O)N3C(=O)OC[C@@H]3c3ccccc3)[C@H](Nc3ccc(F)cc3)c3ccc([OH2+])cc3)OCCO2)=CC1. The molecule has 0 spiro atoms. The fourth-order valence-electron chi connectivity index (χ4n) is 7.20. The van der Waals surface area contributed by atoms with Crippen molar-refractivity contribution < 1.29 is 37.7 Å². The van der Waals surface area contributed by atoms with Gasteiger partial charge in [0.25, 0.3) is 5.75 Å². The molecule has 7 rings (SSSR count). The van der Waals surface area contributed by atoms with E-state index in [4.69, 9.17) is 19.3 Å². The first kappa shape index (κ1) is 31.1. The molecule has 0 bridgehead atoms. The summed E-state index contributed by atoms with van der Waals surface area (Å²) < 4.78 is 46.7. The molecule has 0 aromatic heterocycles. The smallest absolute Gasteiger partial charge is 0.417 e. The van der Waals surface area contributed by atoms with E-state index in [-0.39, 0.29) is 25.4 Å². The summed E-state index contributed by atoms with van der Waals surface area (Å²) in [5.74, 6) is -2.07. The standard InChI is InChI=1S/C37H36F2N2O6/c1-35(39)17-15-26(16-18-35)37(46-19-20-47-37)22-27-21-36(27,33(43)41-31(23-45-34(41)44)24-5-3-2-4-6-24)32(25-7-13-30(42)14-8-25)40-29-11-9-28(38)10-12-29/h2-17,27,31-32,40,42H,18-23H2,1H3/p+1/t27?,31-,32-,35?,36?/m1/s1. The molecule has 2 amide bonds. The highest BCUT2D eigenvalue weighted by molar-refractivity contribution is 5.99. The molecular formula is C37H37F2N2O6+. The van der Waals surface area contributed by atoms with Gasteiger partial charge in [0, 0.05) is 36.2 Å². The molecule has 2 aliphatic heterocycles. The number of nitrogens with one attached hydrogen (secondary N) is 1. The van der Waals surface area contributed by atoms with Crippen LogP contribution in [0.5, 0.6) is 5.75 Å². The van der Waals surface area contributed by atoms with E-state index in [1.54, 1.807) is 48.6 Å². The lowest BCUT2D eigenvalue weighted by molar-refractivity contribution is -0.142. The Morgan fingerprint density at radius 3 is 2.40 bits per heavy atom. The summed E-state index contributed by atoms with van der Waals surface area (Å²) in [6.07, 6.45) is 5.08. The van der Waals surface area contributed by atoms with Gasteiger partial charge in [-0.3, -0.25) is 4.79 Å². The highest BCUT2D eigenvalue weighted by Crippen LogP contribution is 2.66. The fraction of sp³-hybridized carbons (Fsp3) is 0.351. The molecule has 3 N–H and O–H groups in total. The first-order chi connectivity index (χ1) is 22.6. The number of hydrogen-bond donors (Lipinski definition) is 1. The summed E-state index contributed by atoms with van der Waals surface area (Å²) in [6, 6.07) is 20.7. The van der Waals surface area contributed by atoms with Crippen molar-refractivity contribution in [3.63, 3.8) is 0 Å². The number of allylic oxidation sites excluding steroid dienone is 2. The molecule has 8 nitrogen and oxygen atoms in total. The number of benzene rings is 3. The van der Waals surface area contributed by atoms with Crippen molar-refractivity contribution in [2.75, 3.05) is 25.1 Å². The summed E-state index contributed by atoms with van der Waals surface area (Å²) in [7, 11) is 0. The Hall–Kier alpha value is -4.54. The zero-order valence-corrected chi connectivity index (χ0v) is 26.0. The van der Waals surface area contributed by atoms with Gasteiger partial charge in [0.15, 0.2) is 5.79 Å². The van der Waals surface area contributed by atoms with Crippen LogP contribution in [0.3, 0.4) is 0 Å². The van der Waals surface area contributed by atoms with Crippen LogP contribution in [0.15, 0.2) is 103 Å². The summed E-state index contributed by atoms with van der Waals surface area (Å²) in [4.78, 5) is 29.7. The Morgan fingerprint density at radius 2 is 1.74 bits per heavy atom. The van der Waals surface area contributed by atoms with Crippen molar-refractivity contribution in [1.29, 1.82) is 0 Å². The normalized spacial score (nSPS) is 28.4. The van der Waals surface area contributed by atoms with Crippen LogP contribution in [-0.4, -0.2) is 53.3 Å². The molecule has 2 saturated heterocycles. The predicted octanol–water partition coefficient (Wildman–Crippen LogP) is 6.89. The molecule has 2 heterocycles. The molecule has 10 heteroatoms. The number of imide groups is 1. The van der Waals surface area contributed by atoms with Gasteiger partial charge in [0.05, 0.1) is 24.7 Å². The van der Waals surface area contributed by atoms with Crippen LogP contribution in [0.1, 0.15) is 49.4 Å². The van der Waals surface area contributed by atoms with E-state index < -0.39 is 46.8 Å². The monoisotopic (exact) mass is 643 g/mol. The first-order valence-corrected chi connectivity index (χ1v) is 15.9. The van der Waals surface area contributed by atoms with Crippen molar-refractivity contribution in [2.45, 2.75) is 49.7 Å². The van der Waals surface area contributed by atoms with Crippen LogP contribution >= 0.6 is 0 Å². The van der Waals surface area contributed by atoms with E-state index in [0.29, 0.717) is 36.6 Å². The maximum Gasteiger partial charge on any atom is 0.417 e. The Kier molecular flexibility index (Phi) is 7.88. The Morgan fingerprint density at radius 1 is 1.04 bits per heavy atom. The maximum absolute atomic E-state index is 15.1. The number of carbonyl (C=O) groups excluding carboxylic acids is 2. The largest absolute Gasteiger partial charge is 0.593 e. The van der Waals surface area contributed by atoms with E-state index in [9.17, 15) is 13.6 Å². The number of rotatable bonds is 9. The summed E-state index contributed by atoms with van der Waals surface area (Å²) in [5.41, 5.74) is 0.0751. The van der Waals surface area contributed by atoms with Gasteiger partial charge in [-0.1, -0.05) is 42.5 Å². The molecule has 47 heavy (non-hydrogen) atoms. The predicted molar refractivity (Wildman–Crippen MR) is 171 cm³/mol. The number of hydrogen-bond acceptors (Lipinski definition) is 6. The Bertz CT molecular complexity index is 1700. The molecular weight excluding hydrogens is 606 g/mol. The highest BCUT2D eigenvalue weighted by Gasteiger charge is 2.69. The highest BCUT2D eigenvalue weighted by atomic mass is 19.1. The molecule has 3 fully saturated rings. The zero-order chi connectivity index (χ0) is 32.8.